The number of piperidine rings is 1. The molecule has 0 amide bonds. The predicted molar refractivity (Wildman–Crippen MR) is 119 cm³/mol. The van der Waals surface area contributed by atoms with Crippen LogP contribution in [0.2, 0.25) is 0 Å². The van der Waals surface area contributed by atoms with Gasteiger partial charge in [-0.05, 0) is 56.6 Å². The van der Waals surface area contributed by atoms with Gasteiger partial charge in [-0.25, -0.2) is 0 Å². The molecule has 7 nitrogen and oxygen atoms in total. The number of rotatable bonds is 7. The number of hydrazine groups is 1. The van der Waals surface area contributed by atoms with Crippen LogP contribution in [0.25, 0.3) is 11.3 Å². The van der Waals surface area contributed by atoms with E-state index in [1.54, 1.807) is 6.20 Å². The molecule has 1 saturated carbocycles. The third-order valence-electron chi connectivity index (χ3n) is 6.29. The Hall–Kier alpha value is -1.16. The zero-order valence-electron chi connectivity index (χ0n) is 18.2. The van der Waals surface area contributed by atoms with Crippen molar-refractivity contribution in [3.63, 3.8) is 0 Å². The van der Waals surface area contributed by atoms with Gasteiger partial charge < -0.3 is 10.6 Å². The molecule has 0 spiro atoms. The molecule has 0 radical (unpaired) electrons. The summed E-state index contributed by atoms with van der Waals surface area (Å²) in [5.41, 5.74) is 4.51. The molecule has 8 heteroatoms. The Bertz CT molecular complexity index is 851. The summed E-state index contributed by atoms with van der Waals surface area (Å²) in [6.07, 6.45) is 10.1. The van der Waals surface area contributed by atoms with E-state index in [4.69, 9.17) is 4.98 Å². The van der Waals surface area contributed by atoms with Crippen LogP contribution in [0.1, 0.15) is 51.9 Å². The molecule has 31 heavy (non-hydrogen) atoms. The quantitative estimate of drug-likeness (QED) is 0.274. The van der Waals surface area contributed by atoms with Crippen LogP contribution >= 0.6 is 0 Å². The van der Waals surface area contributed by atoms with Crippen LogP contribution in [0.3, 0.4) is 0 Å². The van der Waals surface area contributed by atoms with Gasteiger partial charge in [0.2, 0.25) is 6.04 Å². The number of nitroso groups, excluding NO2 is 1. The van der Waals surface area contributed by atoms with Crippen molar-refractivity contribution in [3.05, 3.63) is 41.4 Å². The molecular formula is C23H32CeN6O. The molecule has 1 aliphatic heterocycles. The number of anilines is 2. The van der Waals surface area contributed by atoms with E-state index in [2.05, 4.69) is 34.0 Å². The van der Waals surface area contributed by atoms with Crippen molar-refractivity contribution >= 4 is 11.6 Å². The molecule has 3 heterocycles. The van der Waals surface area contributed by atoms with Gasteiger partial charge in [-0.2, -0.15) is 11.6 Å². The van der Waals surface area contributed by atoms with Gasteiger partial charge in [0, 0.05) is 54.2 Å². The minimum atomic E-state index is -0.0832. The average molecular weight is 549 g/mol. The van der Waals surface area contributed by atoms with Gasteiger partial charge >= 0.3 is 0 Å². The number of aromatic nitrogens is 2. The first kappa shape index (κ1) is 24.5. The van der Waals surface area contributed by atoms with Gasteiger partial charge in [0.15, 0.2) is 0 Å². The van der Waals surface area contributed by atoms with Crippen LogP contribution in [0.4, 0.5) is 11.6 Å². The van der Waals surface area contributed by atoms with Crippen molar-refractivity contribution in [3.8, 4) is 11.3 Å². The summed E-state index contributed by atoms with van der Waals surface area (Å²) >= 11 is 0. The molecule has 1 saturated heterocycles. The van der Waals surface area contributed by atoms with E-state index in [0.717, 1.165) is 41.3 Å². The Morgan fingerprint density at radius 1 is 1.16 bits per heavy atom. The topological polar surface area (TPSA) is 82.0 Å². The summed E-state index contributed by atoms with van der Waals surface area (Å²) in [5, 5.41) is 6.85. The third kappa shape index (κ3) is 6.91. The molecule has 2 aliphatic rings. The largest absolute Gasteiger partial charge is 0.368 e. The molecule has 2 aromatic heterocycles. The summed E-state index contributed by atoms with van der Waals surface area (Å²) in [7, 11) is 0. The van der Waals surface area contributed by atoms with Crippen molar-refractivity contribution in [2.24, 2.45) is 5.92 Å². The van der Waals surface area contributed by atoms with E-state index in [9.17, 15) is 4.91 Å². The minimum Gasteiger partial charge on any atom is -0.368 e. The number of hydrogen-bond donors (Lipinski definition) is 3. The number of pyridine rings is 2. The maximum atomic E-state index is 12.4. The number of hydrogen-bond acceptors (Lipinski definition) is 5. The van der Waals surface area contributed by atoms with Crippen molar-refractivity contribution < 1.29 is 46.6 Å². The van der Waals surface area contributed by atoms with Crippen LogP contribution in [0.15, 0.2) is 30.5 Å². The second-order valence-electron chi connectivity index (χ2n) is 8.52. The van der Waals surface area contributed by atoms with E-state index in [-0.39, 0.29) is 47.8 Å². The normalized spacial score (nSPS) is 20.4. The van der Waals surface area contributed by atoms with Gasteiger partial charge in [-0.15, -0.1) is 11.5 Å². The van der Waals surface area contributed by atoms with Crippen LogP contribution in [0, 0.1) is 58.6 Å². The Labute approximate surface area is 218 Å². The van der Waals surface area contributed by atoms with Crippen molar-refractivity contribution in [1.29, 1.82) is 0 Å². The van der Waals surface area contributed by atoms with Crippen LogP contribution in [0.5, 0.6) is 0 Å². The van der Waals surface area contributed by atoms with Crippen molar-refractivity contribution in [2.45, 2.75) is 64.0 Å². The fourth-order valence-electron chi connectivity index (χ4n) is 4.48. The third-order valence-corrected chi connectivity index (χ3v) is 6.29. The van der Waals surface area contributed by atoms with Crippen molar-refractivity contribution in [1.82, 2.24) is 15.3 Å². The summed E-state index contributed by atoms with van der Waals surface area (Å²) in [4.78, 5) is 22.4. The first-order chi connectivity index (χ1) is 14.7. The Kier molecular flexibility index (Phi) is 9.62. The number of nitrogens with one attached hydrogen (secondary N) is 3. The average Bonchev–Trinajstić information content (AvgIpc) is 2.80. The first-order valence-corrected chi connectivity index (χ1v) is 11.2. The second-order valence-corrected chi connectivity index (χ2v) is 8.52. The van der Waals surface area contributed by atoms with Gasteiger partial charge in [0.1, 0.15) is 16.5 Å². The monoisotopic (exact) mass is 548 g/mol. The Balaban J connectivity index is 0.00000272. The van der Waals surface area contributed by atoms with Gasteiger partial charge in [0.25, 0.3) is 0 Å². The van der Waals surface area contributed by atoms with Gasteiger partial charge in [-0.1, -0.05) is 31.4 Å². The Morgan fingerprint density at radius 2 is 2.00 bits per heavy atom. The fourth-order valence-corrected chi connectivity index (χ4v) is 4.48. The minimum absolute atomic E-state index is 0. The molecule has 1 unspecified atom stereocenters. The number of nitrogens with zero attached hydrogens (tertiary/aromatic N) is 3. The molecular weight excluding hydrogens is 516 g/mol. The molecule has 3 N–H and O–H groups in total. The smallest absolute Gasteiger partial charge is 0.247 e. The Morgan fingerprint density at radius 3 is 2.77 bits per heavy atom. The summed E-state index contributed by atoms with van der Waals surface area (Å²) in [6, 6.07) is 11.3. The van der Waals surface area contributed by atoms with Crippen LogP contribution < -0.4 is 16.1 Å². The van der Waals surface area contributed by atoms with Gasteiger partial charge in [0.05, 0.1) is 11.5 Å². The predicted octanol–water partition coefficient (Wildman–Crippen LogP) is 4.18. The van der Waals surface area contributed by atoms with E-state index >= 15 is 0 Å². The molecule has 2 aromatic rings. The zero-order chi connectivity index (χ0) is 20.8. The maximum Gasteiger partial charge on any atom is 0.247 e. The maximum absolute atomic E-state index is 12.4. The SMILES string of the molecule is C[C@H](Nc1cccc(-c2[c-]cnc(N[N+](=O)C3CCCNC3)c2)n1)C1CCCCC1.[Ce]. The molecule has 2 atom stereocenters. The summed E-state index contributed by atoms with van der Waals surface area (Å²) in [5.74, 6) is 2.11. The molecule has 2 fully saturated rings. The summed E-state index contributed by atoms with van der Waals surface area (Å²) < 4.78 is 0. The second kappa shape index (κ2) is 12.2. The zero-order valence-corrected chi connectivity index (χ0v) is 21.4. The molecule has 4 rings (SSSR count). The van der Waals surface area contributed by atoms with Crippen LogP contribution in [-0.4, -0.2) is 40.0 Å². The molecule has 1 aliphatic carbocycles. The molecule has 164 valence electrons. The van der Waals surface area contributed by atoms with E-state index in [1.807, 2.05) is 24.3 Å². The van der Waals surface area contributed by atoms with Crippen LogP contribution in [-0.2, 0) is 0 Å². The van der Waals surface area contributed by atoms with Crippen molar-refractivity contribution in [2.75, 3.05) is 23.8 Å². The van der Waals surface area contributed by atoms with E-state index in [0.29, 0.717) is 24.3 Å². The summed E-state index contributed by atoms with van der Waals surface area (Å²) in [6.45, 7) is 3.92. The molecule has 0 aromatic carbocycles. The first-order valence-electron chi connectivity index (χ1n) is 11.2. The standard InChI is InChI=1S/C23H32N6O.Ce/c1-17(18-7-3-2-4-8-18)26-22-11-5-10-21(27-22)19-12-14-25-23(15-19)28-29(30)20-9-6-13-24-16-20;/h5,10-11,14-15,17-18,20,24H,2-4,6-9,13,16H2,1H3,(H,26,27)(H,25,28,30);/t17-,20?;/m0./s1. The van der Waals surface area contributed by atoms with E-state index < -0.39 is 0 Å². The van der Waals surface area contributed by atoms with E-state index in [1.165, 1.54) is 32.1 Å². The molecule has 0 bridgehead atoms. The fraction of sp³-hybridized carbons (Fsp3) is 0.565. The van der Waals surface area contributed by atoms with Gasteiger partial charge in [-0.3, -0.25) is 9.97 Å².